The van der Waals surface area contributed by atoms with Gasteiger partial charge in [-0.3, -0.25) is 0 Å². The quantitative estimate of drug-likeness (QED) is 0.399. The van der Waals surface area contributed by atoms with Crippen LogP contribution in [-0.4, -0.2) is 11.0 Å². The van der Waals surface area contributed by atoms with Gasteiger partial charge < -0.3 is 0 Å². The number of thiocarbonyl (C=S) groups is 1. The maximum Gasteiger partial charge on any atom is 0.139 e. The fourth-order valence-corrected chi connectivity index (χ4v) is 0.993. The van der Waals surface area contributed by atoms with Crippen molar-refractivity contribution >= 4 is 28.9 Å². The number of amidine groups is 1. The van der Waals surface area contributed by atoms with Gasteiger partial charge in [0.25, 0.3) is 0 Å². The fourth-order valence-electron chi connectivity index (χ4n) is 0.887. The summed E-state index contributed by atoms with van der Waals surface area (Å²) < 4.78 is 0. The third-order valence-corrected chi connectivity index (χ3v) is 1.60. The molecule has 0 spiro atoms. The molecule has 13 heavy (non-hydrogen) atoms. The Morgan fingerprint density at radius 2 is 2.08 bits per heavy atom. The molecule has 3 heteroatoms. The molecule has 0 atom stereocenters. The Morgan fingerprint density at radius 1 is 1.38 bits per heavy atom. The molecule has 1 rings (SSSR count). The molecule has 0 amide bonds. The van der Waals surface area contributed by atoms with E-state index in [2.05, 4.69) is 27.4 Å². The summed E-state index contributed by atoms with van der Waals surface area (Å²) in [6, 6.07) is 9.68. The molecule has 1 aromatic carbocycles. The van der Waals surface area contributed by atoms with Crippen LogP contribution in [0.2, 0.25) is 0 Å². The highest BCUT2D eigenvalue weighted by molar-refractivity contribution is 7.78. The predicted octanol–water partition coefficient (Wildman–Crippen LogP) is 3.23. The topological polar surface area (TPSA) is 24.7 Å². The Balaban J connectivity index is 2.91. The van der Waals surface area contributed by atoms with E-state index in [-0.39, 0.29) is 0 Å². The number of aliphatic imine (C=N–C) groups is 2. The Bertz CT molecular complexity index is 337. The molecule has 0 saturated heterocycles. The van der Waals surface area contributed by atoms with Gasteiger partial charge in [-0.25, -0.2) is 4.99 Å². The Hall–Kier alpha value is -1.31. The zero-order valence-corrected chi connectivity index (χ0v) is 8.21. The summed E-state index contributed by atoms with van der Waals surface area (Å²) in [5.74, 6) is 0.709. The van der Waals surface area contributed by atoms with Crippen molar-refractivity contribution in [1.82, 2.24) is 0 Å². The largest absolute Gasteiger partial charge is 0.233 e. The smallest absolute Gasteiger partial charge is 0.139 e. The van der Waals surface area contributed by atoms with Crippen molar-refractivity contribution < 1.29 is 0 Å². The molecule has 0 unspecified atom stereocenters. The maximum atomic E-state index is 4.51. The number of rotatable bonds is 2. The molecule has 0 bridgehead atoms. The van der Waals surface area contributed by atoms with E-state index in [4.69, 9.17) is 0 Å². The van der Waals surface area contributed by atoms with Crippen molar-refractivity contribution in [1.29, 1.82) is 0 Å². The van der Waals surface area contributed by atoms with Crippen LogP contribution in [0.25, 0.3) is 0 Å². The summed E-state index contributed by atoms with van der Waals surface area (Å²) >= 11 is 4.51. The van der Waals surface area contributed by atoms with Crippen LogP contribution >= 0.6 is 12.2 Å². The van der Waals surface area contributed by atoms with Crippen molar-refractivity contribution in [3.63, 3.8) is 0 Å². The van der Waals surface area contributed by atoms with E-state index in [9.17, 15) is 0 Å². The summed E-state index contributed by atoms with van der Waals surface area (Å²) in [6.45, 7) is 1.98. The van der Waals surface area contributed by atoms with Gasteiger partial charge in [-0.15, -0.1) is 0 Å². The first-order valence-electron chi connectivity index (χ1n) is 4.07. The number of hydrogen-bond donors (Lipinski definition) is 0. The zero-order valence-electron chi connectivity index (χ0n) is 7.40. The van der Waals surface area contributed by atoms with Crippen LogP contribution in [0, 0.1) is 0 Å². The summed E-state index contributed by atoms with van der Waals surface area (Å²) in [6.07, 6.45) is 0.762. The van der Waals surface area contributed by atoms with Crippen LogP contribution in [-0.2, 0) is 0 Å². The van der Waals surface area contributed by atoms with E-state index >= 15 is 0 Å². The number of isothiocyanates is 1. The molecule has 0 aliphatic heterocycles. The van der Waals surface area contributed by atoms with Gasteiger partial charge in [0, 0.05) is 6.42 Å². The number of hydrogen-bond acceptors (Lipinski definition) is 2. The van der Waals surface area contributed by atoms with Gasteiger partial charge in [0.15, 0.2) is 0 Å². The molecule has 0 aliphatic rings. The molecule has 0 fully saturated rings. The Morgan fingerprint density at radius 3 is 2.62 bits per heavy atom. The summed E-state index contributed by atoms with van der Waals surface area (Å²) in [7, 11) is 0. The van der Waals surface area contributed by atoms with Gasteiger partial charge in [-0.2, -0.15) is 4.99 Å². The molecule has 66 valence electrons. The van der Waals surface area contributed by atoms with Gasteiger partial charge in [0.05, 0.1) is 10.8 Å². The maximum absolute atomic E-state index is 4.51. The first kappa shape index (κ1) is 9.78. The minimum Gasteiger partial charge on any atom is -0.233 e. The van der Waals surface area contributed by atoms with Crippen molar-refractivity contribution in [2.45, 2.75) is 13.3 Å². The monoisotopic (exact) mass is 190 g/mol. The van der Waals surface area contributed by atoms with Crippen molar-refractivity contribution in [2.75, 3.05) is 0 Å². The second-order valence-corrected chi connectivity index (χ2v) is 2.60. The Labute approximate surface area is 83.0 Å². The zero-order chi connectivity index (χ0) is 9.52. The van der Waals surface area contributed by atoms with Gasteiger partial charge in [0.1, 0.15) is 5.84 Å². The standard InChI is InChI=1S/C10H10N2S/c1-2-10(11-8-13)12-9-6-4-3-5-7-9/h3-7H,2H2,1H3. The fraction of sp³-hybridized carbons (Fsp3) is 0.200. The van der Waals surface area contributed by atoms with E-state index in [0.29, 0.717) is 5.84 Å². The molecule has 1 aromatic rings. The lowest BCUT2D eigenvalue weighted by molar-refractivity contribution is 1.24. The van der Waals surface area contributed by atoms with Crippen molar-refractivity contribution in [3.05, 3.63) is 30.3 Å². The second-order valence-electron chi connectivity index (χ2n) is 2.42. The number of nitrogens with zero attached hydrogens (tertiary/aromatic N) is 2. The first-order chi connectivity index (χ1) is 6.36. The van der Waals surface area contributed by atoms with Crippen molar-refractivity contribution in [3.8, 4) is 0 Å². The number of benzene rings is 1. The second kappa shape index (κ2) is 5.36. The van der Waals surface area contributed by atoms with Gasteiger partial charge in [0.2, 0.25) is 0 Å². The Kier molecular flexibility index (Phi) is 4.03. The normalized spacial score (nSPS) is 10.7. The van der Waals surface area contributed by atoms with E-state index in [1.54, 1.807) is 0 Å². The SMILES string of the molecule is CCC(N=C=S)=Nc1ccccc1. The van der Waals surface area contributed by atoms with Gasteiger partial charge >= 0.3 is 0 Å². The molecule has 0 aromatic heterocycles. The highest BCUT2D eigenvalue weighted by Crippen LogP contribution is 2.10. The van der Waals surface area contributed by atoms with Crippen LogP contribution < -0.4 is 0 Å². The highest BCUT2D eigenvalue weighted by atomic mass is 32.1. The van der Waals surface area contributed by atoms with Gasteiger partial charge in [-0.1, -0.05) is 25.1 Å². The third-order valence-electron chi connectivity index (χ3n) is 1.51. The predicted molar refractivity (Wildman–Crippen MR) is 58.9 cm³/mol. The average molecular weight is 190 g/mol. The third kappa shape index (κ3) is 3.28. The number of para-hydroxylation sites is 1. The molecule has 2 nitrogen and oxygen atoms in total. The molecule has 0 saturated carbocycles. The molecule has 0 aliphatic carbocycles. The highest BCUT2D eigenvalue weighted by Gasteiger charge is 1.91. The molecule has 0 N–H and O–H groups in total. The lowest BCUT2D eigenvalue weighted by atomic mass is 10.3. The van der Waals surface area contributed by atoms with Crippen LogP contribution in [0.5, 0.6) is 0 Å². The summed E-state index contributed by atoms with van der Waals surface area (Å²) in [5.41, 5.74) is 0.897. The van der Waals surface area contributed by atoms with Crippen LogP contribution in [0.4, 0.5) is 5.69 Å². The average Bonchev–Trinajstić information content (AvgIpc) is 2.19. The summed E-state index contributed by atoms with van der Waals surface area (Å²) in [4.78, 5) is 8.14. The van der Waals surface area contributed by atoms with E-state index in [1.807, 2.05) is 37.3 Å². The van der Waals surface area contributed by atoms with E-state index < -0.39 is 0 Å². The molecular weight excluding hydrogens is 180 g/mol. The molecule has 0 radical (unpaired) electrons. The van der Waals surface area contributed by atoms with Crippen molar-refractivity contribution in [2.24, 2.45) is 9.98 Å². The van der Waals surface area contributed by atoms with Crippen LogP contribution in [0.3, 0.4) is 0 Å². The van der Waals surface area contributed by atoms with Crippen LogP contribution in [0.1, 0.15) is 13.3 Å². The molecular formula is C10H10N2S. The van der Waals surface area contributed by atoms with Gasteiger partial charge in [-0.05, 0) is 24.4 Å². The first-order valence-corrected chi connectivity index (χ1v) is 4.48. The lowest BCUT2D eigenvalue weighted by Crippen LogP contribution is -1.88. The van der Waals surface area contributed by atoms with E-state index in [0.717, 1.165) is 12.1 Å². The molecule has 0 heterocycles. The lowest BCUT2D eigenvalue weighted by Gasteiger charge is -1.94. The minimum atomic E-state index is 0.709. The van der Waals surface area contributed by atoms with Crippen LogP contribution in [0.15, 0.2) is 40.3 Å². The van der Waals surface area contributed by atoms with E-state index in [1.165, 1.54) is 0 Å². The minimum absolute atomic E-state index is 0.709. The summed E-state index contributed by atoms with van der Waals surface area (Å²) in [5, 5.41) is 2.32.